The first-order valence-corrected chi connectivity index (χ1v) is 5.18. The fourth-order valence-electron chi connectivity index (χ4n) is 1.66. The van der Waals surface area contributed by atoms with Crippen LogP contribution in [0.3, 0.4) is 0 Å². The molecule has 4 nitrogen and oxygen atoms in total. The van der Waals surface area contributed by atoms with E-state index in [9.17, 15) is 9.59 Å². The second kappa shape index (κ2) is 4.64. The Morgan fingerprint density at radius 1 is 1.57 bits per heavy atom. The number of nitrogens with two attached hydrogens (primary N) is 1. The summed E-state index contributed by atoms with van der Waals surface area (Å²) in [7, 11) is 0. The maximum atomic E-state index is 11.5. The van der Waals surface area contributed by atoms with Crippen LogP contribution in [0.25, 0.3) is 0 Å². The van der Waals surface area contributed by atoms with Gasteiger partial charge >= 0.3 is 0 Å². The summed E-state index contributed by atoms with van der Waals surface area (Å²) in [6, 6.07) is 0. The number of hydrogen-bond donors (Lipinski definition) is 1. The van der Waals surface area contributed by atoms with Crippen LogP contribution < -0.4 is 5.73 Å². The van der Waals surface area contributed by atoms with Gasteiger partial charge in [0.25, 0.3) is 0 Å². The minimum absolute atomic E-state index is 0.113. The molecular formula is C9H15ClN2O2. The van der Waals surface area contributed by atoms with Gasteiger partial charge in [0.1, 0.15) is 5.38 Å². The lowest BCUT2D eigenvalue weighted by molar-refractivity contribution is -0.134. The average molecular weight is 219 g/mol. The lowest BCUT2D eigenvalue weighted by atomic mass is 9.97. The zero-order valence-electron chi connectivity index (χ0n) is 8.20. The van der Waals surface area contributed by atoms with Gasteiger partial charge in [-0.15, -0.1) is 11.6 Å². The Labute approximate surface area is 88.4 Å². The van der Waals surface area contributed by atoms with Crippen molar-refractivity contribution in [1.82, 2.24) is 4.90 Å². The number of rotatable bonds is 2. The largest absolute Gasteiger partial charge is 0.369 e. The van der Waals surface area contributed by atoms with Gasteiger partial charge in [0.2, 0.25) is 11.8 Å². The van der Waals surface area contributed by atoms with Crippen LogP contribution in [0.2, 0.25) is 0 Å². The van der Waals surface area contributed by atoms with E-state index in [2.05, 4.69) is 0 Å². The number of halogens is 1. The predicted octanol–water partition coefficient (Wildman–Crippen LogP) is 0.338. The third-order valence-corrected chi connectivity index (χ3v) is 2.66. The van der Waals surface area contributed by atoms with Crippen LogP contribution in [0.1, 0.15) is 19.8 Å². The Hall–Kier alpha value is -0.770. The minimum atomic E-state index is -0.526. The third-order valence-electron chi connectivity index (χ3n) is 2.48. The van der Waals surface area contributed by atoms with E-state index in [1.165, 1.54) is 0 Å². The van der Waals surface area contributed by atoms with E-state index in [1.807, 2.05) is 0 Å². The number of nitrogens with zero attached hydrogens (tertiary/aromatic N) is 1. The van der Waals surface area contributed by atoms with Crippen LogP contribution in [0.4, 0.5) is 0 Å². The van der Waals surface area contributed by atoms with E-state index >= 15 is 0 Å². The molecule has 1 aliphatic rings. The van der Waals surface area contributed by atoms with E-state index in [4.69, 9.17) is 17.3 Å². The normalized spacial score (nSPS) is 24.4. The lowest BCUT2D eigenvalue weighted by Crippen LogP contribution is -2.46. The molecule has 14 heavy (non-hydrogen) atoms. The van der Waals surface area contributed by atoms with Crippen molar-refractivity contribution in [2.75, 3.05) is 13.1 Å². The van der Waals surface area contributed by atoms with Crippen molar-refractivity contribution >= 4 is 23.4 Å². The summed E-state index contributed by atoms with van der Waals surface area (Å²) in [5.74, 6) is -0.648. The number of likely N-dealkylation sites (tertiary alicyclic amines) is 1. The Morgan fingerprint density at radius 3 is 2.71 bits per heavy atom. The minimum Gasteiger partial charge on any atom is -0.369 e. The highest BCUT2D eigenvalue weighted by Crippen LogP contribution is 2.17. The number of amides is 2. The molecule has 80 valence electrons. The molecule has 0 aromatic rings. The first-order valence-electron chi connectivity index (χ1n) is 4.74. The molecule has 2 amide bonds. The van der Waals surface area contributed by atoms with Gasteiger partial charge < -0.3 is 10.6 Å². The molecule has 1 fully saturated rings. The molecule has 0 unspecified atom stereocenters. The van der Waals surface area contributed by atoms with Gasteiger partial charge in [-0.05, 0) is 19.8 Å². The van der Waals surface area contributed by atoms with Crippen molar-refractivity contribution in [1.29, 1.82) is 0 Å². The molecule has 0 bridgehead atoms. The van der Waals surface area contributed by atoms with Gasteiger partial charge in [0, 0.05) is 13.1 Å². The maximum absolute atomic E-state index is 11.5. The summed E-state index contributed by atoms with van der Waals surface area (Å²) in [5.41, 5.74) is 5.20. The zero-order chi connectivity index (χ0) is 10.7. The Morgan fingerprint density at radius 2 is 2.21 bits per heavy atom. The van der Waals surface area contributed by atoms with E-state index in [-0.39, 0.29) is 17.7 Å². The second-order valence-electron chi connectivity index (χ2n) is 3.64. The van der Waals surface area contributed by atoms with Crippen LogP contribution in [-0.2, 0) is 9.59 Å². The van der Waals surface area contributed by atoms with E-state index < -0.39 is 5.38 Å². The fraction of sp³-hybridized carbons (Fsp3) is 0.778. The average Bonchev–Trinajstić information content (AvgIpc) is 2.16. The molecule has 5 heteroatoms. The molecule has 2 N–H and O–H groups in total. The first-order chi connectivity index (χ1) is 6.52. The lowest BCUT2D eigenvalue weighted by Gasteiger charge is -2.31. The van der Waals surface area contributed by atoms with E-state index in [0.29, 0.717) is 13.1 Å². The van der Waals surface area contributed by atoms with Crippen LogP contribution in [0, 0.1) is 5.92 Å². The molecule has 1 heterocycles. The van der Waals surface area contributed by atoms with Crippen molar-refractivity contribution in [3.63, 3.8) is 0 Å². The highest BCUT2D eigenvalue weighted by Gasteiger charge is 2.28. The van der Waals surface area contributed by atoms with Gasteiger partial charge in [0.05, 0.1) is 5.92 Å². The van der Waals surface area contributed by atoms with Crippen LogP contribution >= 0.6 is 11.6 Å². The molecule has 1 saturated heterocycles. The summed E-state index contributed by atoms with van der Waals surface area (Å²) in [5, 5.41) is -0.526. The molecule has 0 spiro atoms. The predicted molar refractivity (Wildman–Crippen MR) is 53.8 cm³/mol. The Bertz CT molecular complexity index is 243. The molecule has 1 rings (SSSR count). The highest BCUT2D eigenvalue weighted by molar-refractivity contribution is 6.30. The third kappa shape index (κ3) is 2.61. The second-order valence-corrected chi connectivity index (χ2v) is 4.30. The van der Waals surface area contributed by atoms with Crippen molar-refractivity contribution in [2.45, 2.75) is 25.1 Å². The smallest absolute Gasteiger partial charge is 0.240 e. The fourth-order valence-corrected chi connectivity index (χ4v) is 1.80. The van der Waals surface area contributed by atoms with Crippen LogP contribution in [0.15, 0.2) is 0 Å². The molecule has 0 aliphatic carbocycles. The van der Waals surface area contributed by atoms with Gasteiger partial charge in [-0.2, -0.15) is 0 Å². The van der Waals surface area contributed by atoms with Gasteiger partial charge in [-0.3, -0.25) is 9.59 Å². The summed E-state index contributed by atoms with van der Waals surface area (Å²) in [6.07, 6.45) is 1.60. The topological polar surface area (TPSA) is 63.4 Å². The number of primary amides is 1. The molecule has 2 atom stereocenters. The van der Waals surface area contributed by atoms with E-state index in [1.54, 1.807) is 11.8 Å². The van der Waals surface area contributed by atoms with Gasteiger partial charge in [-0.1, -0.05) is 0 Å². The first kappa shape index (κ1) is 11.3. The number of carbonyl (C=O) groups excluding carboxylic acids is 2. The Kier molecular flexibility index (Phi) is 3.75. The van der Waals surface area contributed by atoms with Crippen molar-refractivity contribution < 1.29 is 9.59 Å². The van der Waals surface area contributed by atoms with Crippen LogP contribution in [0.5, 0.6) is 0 Å². The van der Waals surface area contributed by atoms with Crippen LogP contribution in [-0.4, -0.2) is 35.2 Å². The quantitative estimate of drug-likeness (QED) is 0.680. The number of hydrogen-bond acceptors (Lipinski definition) is 2. The van der Waals surface area contributed by atoms with Crippen molar-refractivity contribution in [3.8, 4) is 0 Å². The molecule has 0 aromatic carbocycles. The SMILES string of the molecule is C[C@H](Cl)C(=O)N1CCC[C@@H](C(N)=O)C1. The summed E-state index contributed by atoms with van der Waals surface area (Å²) >= 11 is 5.68. The molecule has 0 saturated carbocycles. The summed E-state index contributed by atoms with van der Waals surface area (Å²) in [6.45, 7) is 2.74. The monoisotopic (exact) mass is 218 g/mol. The number of carbonyl (C=O) groups is 2. The maximum Gasteiger partial charge on any atom is 0.240 e. The Balaban J connectivity index is 2.56. The number of piperidine rings is 1. The number of alkyl halides is 1. The molecule has 1 aliphatic heterocycles. The van der Waals surface area contributed by atoms with E-state index in [0.717, 1.165) is 12.8 Å². The molecule has 0 aromatic heterocycles. The van der Waals surface area contributed by atoms with Gasteiger partial charge in [-0.25, -0.2) is 0 Å². The molecule has 0 radical (unpaired) electrons. The highest BCUT2D eigenvalue weighted by atomic mass is 35.5. The molecular weight excluding hydrogens is 204 g/mol. The summed E-state index contributed by atoms with van der Waals surface area (Å²) in [4.78, 5) is 24.1. The standard InChI is InChI=1S/C9H15ClN2O2/c1-6(10)9(14)12-4-2-3-7(5-12)8(11)13/h6-7H,2-5H2,1H3,(H2,11,13)/t6-,7+/m0/s1. The van der Waals surface area contributed by atoms with Gasteiger partial charge in [0.15, 0.2) is 0 Å². The zero-order valence-corrected chi connectivity index (χ0v) is 8.96. The van der Waals surface area contributed by atoms with Crippen molar-refractivity contribution in [2.24, 2.45) is 11.7 Å². The summed E-state index contributed by atoms with van der Waals surface area (Å²) < 4.78 is 0. The van der Waals surface area contributed by atoms with Crippen molar-refractivity contribution in [3.05, 3.63) is 0 Å².